The summed E-state index contributed by atoms with van der Waals surface area (Å²) in [6.45, 7) is 2.00. The van der Waals surface area contributed by atoms with E-state index in [2.05, 4.69) is 0 Å². The number of rotatable bonds is 6. The van der Waals surface area contributed by atoms with Crippen molar-refractivity contribution in [3.8, 4) is 0 Å². The third-order valence-electron chi connectivity index (χ3n) is 4.10. The molecule has 3 rings (SSSR count). The van der Waals surface area contributed by atoms with Crippen molar-refractivity contribution in [1.29, 1.82) is 0 Å². The summed E-state index contributed by atoms with van der Waals surface area (Å²) in [5.41, 5.74) is -0.150. The maximum Gasteiger partial charge on any atom is 0.338 e. The standard InChI is InChI=1S/C18H18FNO6S2/c1-12-2-5-16(27-12)15(21)11-26-18(22)13-3-4-14(19)17(10-13)28(23,24)20-6-8-25-9-7-20/h2-5,10H,6-9,11H2,1H3. The Morgan fingerprint density at radius 3 is 2.57 bits per heavy atom. The van der Waals surface area contributed by atoms with Gasteiger partial charge >= 0.3 is 5.97 Å². The molecule has 0 saturated carbocycles. The Hall–Kier alpha value is -2.14. The number of halogens is 1. The first-order valence-electron chi connectivity index (χ1n) is 8.43. The van der Waals surface area contributed by atoms with Crippen molar-refractivity contribution in [1.82, 2.24) is 4.31 Å². The van der Waals surface area contributed by atoms with E-state index in [0.29, 0.717) is 4.88 Å². The zero-order valence-corrected chi connectivity index (χ0v) is 16.6. The Kier molecular flexibility index (Phi) is 6.23. The molecule has 1 saturated heterocycles. The molecule has 7 nitrogen and oxygen atoms in total. The second-order valence-corrected chi connectivity index (χ2v) is 9.27. The van der Waals surface area contributed by atoms with Crippen molar-refractivity contribution in [3.63, 3.8) is 0 Å². The van der Waals surface area contributed by atoms with Crippen LogP contribution in [0.3, 0.4) is 0 Å². The van der Waals surface area contributed by atoms with Gasteiger partial charge in [-0.05, 0) is 37.3 Å². The molecule has 28 heavy (non-hydrogen) atoms. The van der Waals surface area contributed by atoms with Crippen molar-refractivity contribution in [2.24, 2.45) is 0 Å². The number of hydrogen-bond donors (Lipinski definition) is 0. The monoisotopic (exact) mass is 427 g/mol. The number of sulfonamides is 1. The first kappa shape index (κ1) is 20.6. The van der Waals surface area contributed by atoms with Gasteiger partial charge < -0.3 is 9.47 Å². The summed E-state index contributed by atoms with van der Waals surface area (Å²) in [6.07, 6.45) is 0. The highest BCUT2D eigenvalue weighted by Gasteiger charge is 2.30. The first-order chi connectivity index (χ1) is 13.3. The van der Waals surface area contributed by atoms with E-state index in [1.165, 1.54) is 11.3 Å². The van der Waals surface area contributed by atoms with Gasteiger partial charge in [0.2, 0.25) is 15.8 Å². The molecule has 2 heterocycles. The van der Waals surface area contributed by atoms with Crippen LogP contribution in [0.25, 0.3) is 0 Å². The third-order valence-corrected chi connectivity index (χ3v) is 7.06. The van der Waals surface area contributed by atoms with Gasteiger partial charge in [-0.25, -0.2) is 17.6 Å². The molecule has 1 aliphatic rings. The number of morpholine rings is 1. The summed E-state index contributed by atoms with van der Waals surface area (Å²) in [7, 11) is -4.11. The molecule has 10 heteroatoms. The molecule has 1 fully saturated rings. The molecule has 0 N–H and O–H groups in total. The van der Waals surface area contributed by atoms with Crippen LogP contribution in [0, 0.1) is 12.7 Å². The normalized spacial score (nSPS) is 15.4. The van der Waals surface area contributed by atoms with Gasteiger partial charge in [-0.15, -0.1) is 11.3 Å². The zero-order chi connectivity index (χ0) is 20.3. The van der Waals surface area contributed by atoms with Gasteiger partial charge in [0.15, 0.2) is 6.61 Å². The molecular formula is C18H18FNO6S2. The van der Waals surface area contributed by atoms with Crippen molar-refractivity contribution < 1.29 is 31.9 Å². The Morgan fingerprint density at radius 1 is 1.21 bits per heavy atom. The van der Waals surface area contributed by atoms with E-state index < -0.39 is 33.3 Å². The van der Waals surface area contributed by atoms with Gasteiger partial charge in [-0.3, -0.25) is 4.79 Å². The summed E-state index contributed by atoms with van der Waals surface area (Å²) in [4.78, 5) is 25.1. The fourth-order valence-electron chi connectivity index (χ4n) is 2.62. The number of thiophene rings is 1. The highest BCUT2D eigenvalue weighted by atomic mass is 32.2. The number of esters is 1. The molecule has 0 bridgehead atoms. The minimum atomic E-state index is -4.11. The van der Waals surface area contributed by atoms with Gasteiger partial charge in [-0.2, -0.15) is 4.31 Å². The maximum atomic E-state index is 14.2. The molecule has 1 aromatic heterocycles. The summed E-state index contributed by atoms with van der Waals surface area (Å²) in [5, 5.41) is 0. The summed E-state index contributed by atoms with van der Waals surface area (Å²) in [5.74, 6) is -2.23. The smallest absolute Gasteiger partial charge is 0.338 e. The second-order valence-electron chi connectivity index (χ2n) is 6.07. The Labute approximate surface area is 165 Å². The number of ether oxygens (including phenoxy) is 2. The Balaban J connectivity index is 1.75. The topological polar surface area (TPSA) is 90.0 Å². The lowest BCUT2D eigenvalue weighted by Crippen LogP contribution is -2.41. The van der Waals surface area contributed by atoms with Crippen molar-refractivity contribution in [2.45, 2.75) is 11.8 Å². The van der Waals surface area contributed by atoms with Crippen LogP contribution in [-0.4, -0.2) is 57.4 Å². The van der Waals surface area contributed by atoms with Crippen molar-refractivity contribution >= 4 is 33.1 Å². The van der Waals surface area contributed by atoms with Crippen LogP contribution in [0.1, 0.15) is 24.9 Å². The number of hydrogen-bond acceptors (Lipinski definition) is 7. The number of carbonyl (C=O) groups excluding carboxylic acids is 2. The van der Waals surface area contributed by atoms with Gasteiger partial charge in [-0.1, -0.05) is 0 Å². The Morgan fingerprint density at radius 2 is 1.93 bits per heavy atom. The third kappa shape index (κ3) is 4.46. The number of aryl methyl sites for hydroxylation is 1. The number of nitrogens with zero attached hydrogens (tertiary/aromatic N) is 1. The maximum absolute atomic E-state index is 14.2. The van der Waals surface area contributed by atoms with Crippen LogP contribution in [-0.2, 0) is 19.5 Å². The molecule has 0 aliphatic carbocycles. The molecule has 2 aromatic rings. The minimum absolute atomic E-state index is 0.102. The molecule has 150 valence electrons. The van der Waals surface area contributed by atoms with E-state index in [4.69, 9.17) is 9.47 Å². The van der Waals surface area contributed by atoms with E-state index in [9.17, 15) is 22.4 Å². The van der Waals surface area contributed by atoms with Crippen LogP contribution < -0.4 is 0 Å². The Bertz CT molecular complexity index is 995. The fourth-order valence-corrected chi connectivity index (χ4v) is 4.91. The lowest BCUT2D eigenvalue weighted by atomic mass is 10.2. The van der Waals surface area contributed by atoms with E-state index >= 15 is 0 Å². The van der Waals surface area contributed by atoms with E-state index in [1.807, 2.05) is 6.92 Å². The molecule has 0 unspecified atom stereocenters. The number of ketones is 1. The van der Waals surface area contributed by atoms with E-state index in [-0.39, 0.29) is 37.6 Å². The zero-order valence-electron chi connectivity index (χ0n) is 15.0. The highest BCUT2D eigenvalue weighted by Crippen LogP contribution is 2.22. The predicted octanol–water partition coefficient (Wildman–Crippen LogP) is 2.26. The molecule has 1 aliphatic heterocycles. The SMILES string of the molecule is Cc1ccc(C(=O)COC(=O)c2ccc(F)c(S(=O)(=O)N3CCOCC3)c2)s1. The number of Topliss-reactive ketones (excluding diaryl/α,β-unsaturated/α-hetero) is 1. The molecule has 0 spiro atoms. The molecule has 0 radical (unpaired) electrons. The van der Waals surface area contributed by atoms with Crippen molar-refractivity contribution in [3.05, 3.63) is 51.5 Å². The van der Waals surface area contributed by atoms with E-state index in [1.54, 1.807) is 12.1 Å². The van der Waals surface area contributed by atoms with Gasteiger partial charge in [0, 0.05) is 18.0 Å². The van der Waals surface area contributed by atoms with Crippen LogP contribution in [0.4, 0.5) is 4.39 Å². The van der Waals surface area contributed by atoms with Crippen LogP contribution in [0.15, 0.2) is 35.2 Å². The second kappa shape index (κ2) is 8.48. The molecule has 0 atom stereocenters. The average molecular weight is 427 g/mol. The lowest BCUT2D eigenvalue weighted by molar-refractivity contribution is 0.0475. The largest absolute Gasteiger partial charge is 0.454 e. The van der Waals surface area contributed by atoms with Crippen LogP contribution >= 0.6 is 11.3 Å². The van der Waals surface area contributed by atoms with Gasteiger partial charge in [0.1, 0.15) is 10.7 Å². The number of benzene rings is 1. The molecular weight excluding hydrogens is 409 g/mol. The quantitative estimate of drug-likeness (QED) is 0.519. The lowest BCUT2D eigenvalue weighted by Gasteiger charge is -2.26. The fraction of sp³-hybridized carbons (Fsp3) is 0.333. The highest BCUT2D eigenvalue weighted by molar-refractivity contribution is 7.89. The minimum Gasteiger partial charge on any atom is -0.454 e. The number of carbonyl (C=O) groups is 2. The predicted molar refractivity (Wildman–Crippen MR) is 99.6 cm³/mol. The van der Waals surface area contributed by atoms with Gasteiger partial charge in [0.25, 0.3) is 0 Å². The average Bonchev–Trinajstić information content (AvgIpc) is 3.13. The van der Waals surface area contributed by atoms with Crippen LogP contribution in [0.5, 0.6) is 0 Å². The van der Waals surface area contributed by atoms with Crippen molar-refractivity contribution in [2.75, 3.05) is 32.9 Å². The summed E-state index contributed by atoms with van der Waals surface area (Å²) < 4.78 is 50.7. The van der Waals surface area contributed by atoms with Crippen LogP contribution in [0.2, 0.25) is 0 Å². The molecule has 0 amide bonds. The van der Waals surface area contributed by atoms with E-state index in [0.717, 1.165) is 27.4 Å². The first-order valence-corrected chi connectivity index (χ1v) is 10.7. The molecule has 1 aromatic carbocycles. The van der Waals surface area contributed by atoms with Gasteiger partial charge in [0.05, 0.1) is 23.7 Å². The summed E-state index contributed by atoms with van der Waals surface area (Å²) in [6, 6.07) is 6.37. The summed E-state index contributed by atoms with van der Waals surface area (Å²) >= 11 is 1.28.